The molecule has 0 radical (unpaired) electrons. The summed E-state index contributed by atoms with van der Waals surface area (Å²) >= 11 is 12.0. The summed E-state index contributed by atoms with van der Waals surface area (Å²) in [7, 11) is 2.99. The highest BCUT2D eigenvalue weighted by atomic mass is 35.5. The van der Waals surface area contributed by atoms with Gasteiger partial charge in [-0.15, -0.1) is 0 Å². The molecule has 0 fully saturated rings. The summed E-state index contributed by atoms with van der Waals surface area (Å²) in [5, 5.41) is 3.34. The fourth-order valence-electron chi connectivity index (χ4n) is 2.22. The highest BCUT2D eigenvalue weighted by molar-refractivity contribution is 6.42. The number of benzene rings is 2. The van der Waals surface area contributed by atoms with Crippen molar-refractivity contribution in [1.82, 2.24) is 0 Å². The number of carbonyl (C=O) groups is 2. The van der Waals surface area contributed by atoms with Gasteiger partial charge in [0.25, 0.3) is 5.91 Å². The van der Waals surface area contributed by atoms with Crippen LogP contribution in [0, 0.1) is 0 Å². The Morgan fingerprint density at radius 3 is 2.54 bits per heavy atom. The Morgan fingerprint density at radius 2 is 1.86 bits per heavy atom. The molecule has 1 N–H and O–H groups in total. The van der Waals surface area contributed by atoms with Crippen molar-refractivity contribution < 1.29 is 23.8 Å². The number of nitrogens with one attached hydrogen (secondary N) is 1. The summed E-state index contributed by atoms with van der Waals surface area (Å²) in [6, 6.07) is 10.00. The molecule has 0 saturated carbocycles. The molecule has 1 atom stereocenters. The van der Waals surface area contributed by atoms with Crippen LogP contribution in [0.2, 0.25) is 10.0 Å². The summed E-state index contributed by atoms with van der Waals surface area (Å²) in [6.07, 6.45) is 1.60. The number of carbonyl (C=O) groups excluding carboxylic acids is 2. The molecule has 0 bridgehead atoms. The Balaban J connectivity index is 2.01. The molecule has 0 aliphatic carbocycles. The van der Waals surface area contributed by atoms with Gasteiger partial charge in [-0.05, 0) is 36.8 Å². The Bertz CT molecular complexity index is 898. The zero-order chi connectivity index (χ0) is 20.7. The van der Waals surface area contributed by atoms with E-state index in [1.165, 1.54) is 33.3 Å². The molecule has 0 aliphatic rings. The molecule has 0 spiro atoms. The second kappa shape index (κ2) is 10.0. The Labute approximate surface area is 173 Å². The minimum absolute atomic E-state index is 0.323. The monoisotopic (exact) mass is 423 g/mol. The number of halogens is 2. The predicted octanol–water partition coefficient (Wildman–Crippen LogP) is 4.59. The van der Waals surface area contributed by atoms with E-state index in [0.717, 1.165) is 0 Å². The van der Waals surface area contributed by atoms with Crippen LogP contribution in [0.15, 0.2) is 42.5 Å². The molecule has 6 nitrogen and oxygen atoms in total. The molecule has 1 amide bonds. The maximum Gasteiger partial charge on any atom is 0.331 e. The van der Waals surface area contributed by atoms with E-state index < -0.39 is 18.0 Å². The zero-order valence-corrected chi connectivity index (χ0v) is 17.0. The Kier molecular flexibility index (Phi) is 7.72. The van der Waals surface area contributed by atoms with Crippen molar-refractivity contribution in [1.29, 1.82) is 0 Å². The van der Waals surface area contributed by atoms with Crippen molar-refractivity contribution in [3.05, 3.63) is 58.1 Å². The third kappa shape index (κ3) is 5.65. The van der Waals surface area contributed by atoms with E-state index in [1.807, 2.05) is 0 Å². The van der Waals surface area contributed by atoms with Crippen molar-refractivity contribution in [3.8, 4) is 11.5 Å². The predicted molar refractivity (Wildman–Crippen MR) is 109 cm³/mol. The fraction of sp³-hybridized carbons (Fsp3) is 0.200. The van der Waals surface area contributed by atoms with Crippen molar-refractivity contribution in [3.63, 3.8) is 0 Å². The Morgan fingerprint density at radius 1 is 1.11 bits per heavy atom. The van der Waals surface area contributed by atoms with Crippen LogP contribution in [0.1, 0.15) is 12.5 Å². The van der Waals surface area contributed by atoms with E-state index >= 15 is 0 Å². The van der Waals surface area contributed by atoms with Gasteiger partial charge in [-0.2, -0.15) is 0 Å². The number of hydrogen-bond acceptors (Lipinski definition) is 5. The lowest BCUT2D eigenvalue weighted by atomic mass is 10.2. The summed E-state index contributed by atoms with van der Waals surface area (Å²) in [5.74, 6) is -0.226. The molecule has 28 heavy (non-hydrogen) atoms. The molecule has 1 unspecified atom stereocenters. The Hall–Kier alpha value is -2.70. The number of rotatable bonds is 7. The van der Waals surface area contributed by atoms with Crippen LogP contribution in [-0.4, -0.2) is 32.2 Å². The lowest BCUT2D eigenvalue weighted by Gasteiger charge is -2.15. The van der Waals surface area contributed by atoms with Crippen LogP contribution < -0.4 is 14.8 Å². The first kappa shape index (κ1) is 21.6. The highest BCUT2D eigenvalue weighted by Gasteiger charge is 2.18. The highest BCUT2D eigenvalue weighted by Crippen LogP contribution is 2.29. The average molecular weight is 424 g/mol. The molecule has 8 heteroatoms. The fourth-order valence-corrected chi connectivity index (χ4v) is 2.59. The second-order valence-electron chi connectivity index (χ2n) is 5.61. The van der Waals surface area contributed by atoms with Gasteiger partial charge in [0.05, 0.1) is 30.0 Å². The number of hydrogen-bond donors (Lipinski definition) is 1. The van der Waals surface area contributed by atoms with E-state index in [1.54, 1.807) is 36.4 Å². The smallest absolute Gasteiger partial charge is 0.331 e. The van der Waals surface area contributed by atoms with Gasteiger partial charge in [0.1, 0.15) is 11.5 Å². The van der Waals surface area contributed by atoms with Crippen molar-refractivity contribution in [2.75, 3.05) is 19.5 Å². The van der Waals surface area contributed by atoms with Crippen LogP contribution in [-0.2, 0) is 14.3 Å². The van der Waals surface area contributed by atoms with Gasteiger partial charge < -0.3 is 19.5 Å². The molecular weight excluding hydrogens is 405 g/mol. The maximum absolute atomic E-state index is 12.3. The minimum atomic E-state index is -1.04. The number of esters is 1. The molecule has 0 heterocycles. The van der Waals surface area contributed by atoms with E-state index in [2.05, 4.69) is 5.32 Å². The molecule has 2 rings (SSSR count). The number of anilines is 1. The zero-order valence-electron chi connectivity index (χ0n) is 15.5. The van der Waals surface area contributed by atoms with Gasteiger partial charge in [-0.1, -0.05) is 35.3 Å². The van der Waals surface area contributed by atoms with Crippen LogP contribution >= 0.6 is 23.2 Å². The topological polar surface area (TPSA) is 73.9 Å². The van der Waals surface area contributed by atoms with Gasteiger partial charge in [-0.25, -0.2) is 4.79 Å². The average Bonchev–Trinajstić information content (AvgIpc) is 2.68. The summed E-state index contributed by atoms with van der Waals surface area (Å²) in [6.45, 7) is 1.46. The third-order valence-corrected chi connectivity index (χ3v) is 4.54. The van der Waals surface area contributed by atoms with Crippen LogP contribution in [0.25, 0.3) is 6.08 Å². The van der Waals surface area contributed by atoms with Crippen LogP contribution in [0.5, 0.6) is 11.5 Å². The molecule has 0 aliphatic heterocycles. The van der Waals surface area contributed by atoms with Gasteiger partial charge in [-0.3, -0.25) is 4.79 Å². The quantitative estimate of drug-likeness (QED) is 0.520. The van der Waals surface area contributed by atoms with E-state index in [0.29, 0.717) is 32.8 Å². The largest absolute Gasteiger partial charge is 0.497 e. The number of methoxy groups -OCH3 is 2. The van der Waals surface area contributed by atoms with Crippen molar-refractivity contribution >= 4 is 46.8 Å². The lowest BCUT2D eigenvalue weighted by Crippen LogP contribution is -2.29. The van der Waals surface area contributed by atoms with E-state index in [4.69, 9.17) is 37.4 Å². The summed E-state index contributed by atoms with van der Waals surface area (Å²) in [5.41, 5.74) is 0.959. The number of ether oxygens (including phenoxy) is 3. The molecule has 0 saturated heterocycles. The first-order valence-corrected chi connectivity index (χ1v) is 8.97. The molecular formula is C20H19Cl2NO5. The summed E-state index contributed by atoms with van der Waals surface area (Å²) < 4.78 is 15.5. The molecule has 148 valence electrons. The maximum atomic E-state index is 12.3. The van der Waals surface area contributed by atoms with Gasteiger partial charge >= 0.3 is 5.97 Å². The SMILES string of the molecule is COc1ccc(OC)c(NC(=O)C(C)OC(=O)/C=C/c2cccc(Cl)c2Cl)c1. The first-order chi connectivity index (χ1) is 13.3. The van der Waals surface area contributed by atoms with Gasteiger partial charge in [0.2, 0.25) is 0 Å². The van der Waals surface area contributed by atoms with Crippen molar-refractivity contribution in [2.45, 2.75) is 13.0 Å². The third-order valence-electron chi connectivity index (χ3n) is 3.71. The van der Waals surface area contributed by atoms with Gasteiger partial charge in [0, 0.05) is 12.1 Å². The minimum Gasteiger partial charge on any atom is -0.497 e. The molecule has 2 aromatic carbocycles. The molecule has 2 aromatic rings. The standard InChI is InChI=1S/C20H19Cl2NO5/c1-12(20(25)23-16-11-14(26-2)8-9-17(16)27-3)28-18(24)10-7-13-5-4-6-15(21)19(13)22/h4-12H,1-3H3,(H,23,25)/b10-7+. The van der Waals surface area contributed by atoms with Crippen LogP contribution in [0.4, 0.5) is 5.69 Å². The van der Waals surface area contributed by atoms with Crippen molar-refractivity contribution in [2.24, 2.45) is 0 Å². The van der Waals surface area contributed by atoms with E-state index in [9.17, 15) is 9.59 Å². The van der Waals surface area contributed by atoms with Crippen LogP contribution in [0.3, 0.4) is 0 Å². The summed E-state index contributed by atoms with van der Waals surface area (Å²) in [4.78, 5) is 24.3. The first-order valence-electron chi connectivity index (χ1n) is 8.21. The molecule has 0 aromatic heterocycles. The van der Waals surface area contributed by atoms with Gasteiger partial charge in [0.15, 0.2) is 6.10 Å². The number of amides is 1. The van der Waals surface area contributed by atoms with E-state index in [-0.39, 0.29) is 0 Å². The normalized spacial score (nSPS) is 11.8. The second-order valence-corrected chi connectivity index (χ2v) is 6.40. The lowest BCUT2D eigenvalue weighted by molar-refractivity contribution is -0.148.